The summed E-state index contributed by atoms with van der Waals surface area (Å²) in [5.41, 5.74) is 6.74. The Labute approximate surface area is 117 Å². The lowest BCUT2D eigenvalue weighted by Crippen LogP contribution is -2.29. The first-order valence-electron chi connectivity index (χ1n) is 5.34. The highest BCUT2D eigenvalue weighted by Crippen LogP contribution is 2.30. The van der Waals surface area contributed by atoms with Gasteiger partial charge in [-0.2, -0.15) is 0 Å². The maximum atomic E-state index is 5.92. The lowest BCUT2D eigenvalue weighted by Gasteiger charge is -2.11. The molecule has 0 aromatic heterocycles. The minimum atomic E-state index is 0.378. The molecule has 0 radical (unpaired) electrons. The average molecular weight is 292 g/mol. The van der Waals surface area contributed by atoms with Crippen LogP contribution in [0.3, 0.4) is 0 Å². The summed E-state index contributed by atoms with van der Waals surface area (Å²) in [5.74, 6) is 0. The first-order chi connectivity index (χ1) is 8.04. The summed E-state index contributed by atoms with van der Waals surface area (Å²) in [6.45, 7) is 2.97. The molecule has 1 rings (SSSR count). The van der Waals surface area contributed by atoms with Crippen molar-refractivity contribution < 1.29 is 0 Å². The summed E-state index contributed by atoms with van der Waals surface area (Å²) in [5, 5.41) is 7.47. The van der Waals surface area contributed by atoms with Crippen molar-refractivity contribution in [2.24, 2.45) is 0 Å². The van der Waals surface area contributed by atoms with Crippen molar-refractivity contribution >= 4 is 51.9 Å². The Hall–Kier alpha value is -0.710. The Kier molecular flexibility index (Phi) is 5.82. The van der Waals surface area contributed by atoms with Gasteiger partial charge in [-0.25, -0.2) is 0 Å². The van der Waals surface area contributed by atoms with Crippen molar-refractivity contribution in [3.8, 4) is 0 Å². The van der Waals surface area contributed by atoms with Gasteiger partial charge in [0.25, 0.3) is 0 Å². The van der Waals surface area contributed by atoms with Crippen molar-refractivity contribution in [3.05, 3.63) is 22.2 Å². The number of halogens is 2. The number of benzene rings is 1. The van der Waals surface area contributed by atoms with Gasteiger partial charge in [-0.15, -0.1) is 0 Å². The number of nitrogens with two attached hydrogens (primary N) is 1. The van der Waals surface area contributed by atoms with Gasteiger partial charge in [0.05, 0.1) is 15.7 Å². The summed E-state index contributed by atoms with van der Waals surface area (Å²) < 4.78 is 0. The SMILES string of the molecule is CCCCNC(=S)Nc1cc(Cl)c(N)c(Cl)c1. The zero-order valence-electron chi connectivity index (χ0n) is 9.52. The van der Waals surface area contributed by atoms with Gasteiger partial charge in [-0.05, 0) is 30.8 Å². The highest BCUT2D eigenvalue weighted by atomic mass is 35.5. The van der Waals surface area contributed by atoms with Crippen LogP contribution in [-0.2, 0) is 0 Å². The number of anilines is 2. The van der Waals surface area contributed by atoms with Crippen LogP contribution in [0.2, 0.25) is 10.0 Å². The van der Waals surface area contributed by atoms with E-state index in [1.807, 2.05) is 0 Å². The molecule has 1 aromatic carbocycles. The van der Waals surface area contributed by atoms with E-state index < -0.39 is 0 Å². The van der Waals surface area contributed by atoms with Crippen LogP contribution < -0.4 is 16.4 Å². The van der Waals surface area contributed by atoms with Crippen LogP contribution in [0.1, 0.15) is 19.8 Å². The van der Waals surface area contributed by atoms with Crippen LogP contribution in [0.4, 0.5) is 11.4 Å². The molecular formula is C11H15Cl2N3S. The van der Waals surface area contributed by atoms with Gasteiger partial charge in [-0.3, -0.25) is 0 Å². The van der Waals surface area contributed by atoms with Gasteiger partial charge in [0.15, 0.2) is 5.11 Å². The van der Waals surface area contributed by atoms with Crippen molar-refractivity contribution in [1.29, 1.82) is 0 Å². The van der Waals surface area contributed by atoms with Crippen LogP contribution in [0.15, 0.2) is 12.1 Å². The zero-order valence-corrected chi connectivity index (χ0v) is 11.8. The van der Waals surface area contributed by atoms with E-state index in [-0.39, 0.29) is 0 Å². The molecule has 17 heavy (non-hydrogen) atoms. The normalized spacial score (nSPS) is 10.1. The van der Waals surface area contributed by atoms with Gasteiger partial charge >= 0.3 is 0 Å². The number of nitrogens with one attached hydrogen (secondary N) is 2. The second kappa shape index (κ2) is 6.89. The van der Waals surface area contributed by atoms with Gasteiger partial charge in [0.1, 0.15) is 0 Å². The second-order valence-corrected chi connectivity index (χ2v) is 4.81. The molecule has 0 saturated carbocycles. The van der Waals surface area contributed by atoms with E-state index in [9.17, 15) is 0 Å². The van der Waals surface area contributed by atoms with Crippen LogP contribution in [0.25, 0.3) is 0 Å². The molecule has 1 aromatic rings. The van der Waals surface area contributed by atoms with E-state index in [1.54, 1.807) is 12.1 Å². The molecule has 94 valence electrons. The lowest BCUT2D eigenvalue weighted by molar-refractivity contribution is 0.758. The second-order valence-electron chi connectivity index (χ2n) is 3.59. The molecule has 0 spiro atoms. The Balaban J connectivity index is 2.60. The summed E-state index contributed by atoms with van der Waals surface area (Å²) in [6, 6.07) is 3.38. The predicted octanol–water partition coefficient (Wildman–Crippen LogP) is 3.66. The van der Waals surface area contributed by atoms with Crippen LogP contribution in [-0.4, -0.2) is 11.7 Å². The smallest absolute Gasteiger partial charge is 0.170 e. The van der Waals surface area contributed by atoms with Gasteiger partial charge in [0.2, 0.25) is 0 Å². The van der Waals surface area contributed by atoms with Crippen LogP contribution in [0, 0.1) is 0 Å². The standard InChI is InChI=1S/C11H15Cl2N3S/c1-2-3-4-15-11(17)16-7-5-8(12)10(14)9(13)6-7/h5-6H,2-4,14H2,1H3,(H2,15,16,17). The Bertz CT molecular complexity index is 387. The van der Waals surface area contributed by atoms with E-state index in [1.165, 1.54) is 0 Å². The summed E-state index contributed by atoms with van der Waals surface area (Å²) in [7, 11) is 0. The lowest BCUT2D eigenvalue weighted by atomic mass is 10.3. The largest absolute Gasteiger partial charge is 0.396 e. The highest BCUT2D eigenvalue weighted by molar-refractivity contribution is 7.80. The Morgan fingerprint density at radius 3 is 2.47 bits per heavy atom. The third-order valence-corrected chi connectivity index (χ3v) is 3.02. The average Bonchev–Trinajstić information content (AvgIpc) is 2.26. The number of hydrogen-bond acceptors (Lipinski definition) is 2. The first kappa shape index (κ1) is 14.4. The van der Waals surface area contributed by atoms with Crippen molar-refractivity contribution in [3.63, 3.8) is 0 Å². The fraction of sp³-hybridized carbons (Fsp3) is 0.364. The fourth-order valence-electron chi connectivity index (χ4n) is 1.21. The minimum Gasteiger partial charge on any atom is -0.396 e. The van der Waals surface area contributed by atoms with Gasteiger partial charge in [0, 0.05) is 12.2 Å². The summed E-state index contributed by atoms with van der Waals surface area (Å²) in [4.78, 5) is 0. The van der Waals surface area contributed by atoms with E-state index in [4.69, 9.17) is 41.2 Å². The number of thiocarbonyl (C=S) groups is 1. The summed E-state index contributed by atoms with van der Waals surface area (Å²) in [6.07, 6.45) is 2.19. The van der Waals surface area contributed by atoms with E-state index in [0.717, 1.165) is 25.1 Å². The van der Waals surface area contributed by atoms with Gasteiger partial charge in [-0.1, -0.05) is 36.5 Å². The van der Waals surface area contributed by atoms with Crippen LogP contribution >= 0.6 is 35.4 Å². The number of nitrogen functional groups attached to an aromatic ring is 1. The molecular weight excluding hydrogens is 277 g/mol. The number of rotatable bonds is 4. The van der Waals surface area contributed by atoms with E-state index in [2.05, 4.69) is 17.6 Å². The monoisotopic (exact) mass is 291 g/mol. The topological polar surface area (TPSA) is 50.1 Å². The molecule has 0 bridgehead atoms. The van der Waals surface area contributed by atoms with Crippen LogP contribution in [0.5, 0.6) is 0 Å². The molecule has 0 aliphatic heterocycles. The molecule has 0 aliphatic rings. The maximum absolute atomic E-state index is 5.92. The van der Waals surface area contributed by atoms with Crippen molar-refractivity contribution in [2.75, 3.05) is 17.6 Å². The molecule has 0 fully saturated rings. The van der Waals surface area contributed by atoms with Crippen molar-refractivity contribution in [1.82, 2.24) is 5.32 Å². The van der Waals surface area contributed by atoms with Gasteiger partial charge < -0.3 is 16.4 Å². The molecule has 0 unspecified atom stereocenters. The molecule has 0 saturated heterocycles. The molecule has 0 amide bonds. The summed E-state index contributed by atoms with van der Waals surface area (Å²) >= 11 is 17.0. The quantitative estimate of drug-likeness (QED) is 0.450. The first-order valence-corrected chi connectivity index (χ1v) is 6.50. The Morgan fingerprint density at radius 2 is 1.94 bits per heavy atom. The Morgan fingerprint density at radius 1 is 1.35 bits per heavy atom. The third kappa shape index (κ3) is 4.58. The number of unbranched alkanes of at least 4 members (excludes halogenated alkanes) is 1. The third-order valence-electron chi connectivity index (χ3n) is 2.15. The number of hydrogen-bond donors (Lipinski definition) is 3. The molecule has 0 atom stereocenters. The van der Waals surface area contributed by atoms with E-state index >= 15 is 0 Å². The highest BCUT2D eigenvalue weighted by Gasteiger charge is 2.05. The zero-order chi connectivity index (χ0) is 12.8. The fourth-order valence-corrected chi connectivity index (χ4v) is 1.92. The maximum Gasteiger partial charge on any atom is 0.170 e. The minimum absolute atomic E-state index is 0.378. The molecule has 0 heterocycles. The molecule has 4 N–H and O–H groups in total. The molecule has 3 nitrogen and oxygen atoms in total. The predicted molar refractivity (Wildman–Crippen MR) is 80.0 cm³/mol. The van der Waals surface area contributed by atoms with Crippen molar-refractivity contribution in [2.45, 2.75) is 19.8 Å². The molecule has 6 heteroatoms. The van der Waals surface area contributed by atoms with E-state index in [0.29, 0.717) is 20.8 Å². The molecule has 0 aliphatic carbocycles.